The maximum atomic E-state index is 12.9. The molecule has 0 saturated heterocycles. The van der Waals surface area contributed by atoms with Crippen LogP contribution in [-0.4, -0.2) is 11.1 Å². The van der Waals surface area contributed by atoms with Crippen molar-refractivity contribution in [3.63, 3.8) is 0 Å². The molecule has 3 aromatic carbocycles. The molecular formula is C28H31NO2. The zero-order valence-corrected chi connectivity index (χ0v) is 19.2. The maximum absolute atomic E-state index is 12.9. The van der Waals surface area contributed by atoms with E-state index in [-0.39, 0.29) is 5.92 Å². The second-order valence-corrected chi connectivity index (χ2v) is 9.81. The number of carboxylic acids is 1. The topological polar surface area (TPSA) is 61.1 Å². The second-order valence-electron chi connectivity index (χ2n) is 9.81. The van der Waals surface area contributed by atoms with E-state index in [9.17, 15) is 15.2 Å². The largest absolute Gasteiger partial charge is 0.480 e. The van der Waals surface area contributed by atoms with Gasteiger partial charge in [-0.2, -0.15) is 5.26 Å². The Morgan fingerprint density at radius 1 is 0.871 bits per heavy atom. The van der Waals surface area contributed by atoms with Crippen LogP contribution >= 0.6 is 0 Å². The fourth-order valence-corrected chi connectivity index (χ4v) is 5.43. The number of benzene rings is 3. The Bertz CT molecular complexity index is 1160. The van der Waals surface area contributed by atoms with Crippen molar-refractivity contribution < 1.29 is 9.90 Å². The van der Waals surface area contributed by atoms with Gasteiger partial charge in [-0.05, 0) is 45.7 Å². The molecular weight excluding hydrogens is 382 g/mol. The zero-order chi connectivity index (χ0) is 23.0. The molecule has 0 aliphatic carbocycles. The van der Waals surface area contributed by atoms with Crippen LogP contribution in [0.1, 0.15) is 64.2 Å². The third-order valence-corrected chi connectivity index (χ3v) is 6.71. The van der Waals surface area contributed by atoms with Gasteiger partial charge < -0.3 is 5.11 Å². The molecule has 0 heterocycles. The molecule has 3 nitrogen and oxygen atoms in total. The summed E-state index contributed by atoms with van der Waals surface area (Å²) in [6.45, 7) is 11.9. The van der Waals surface area contributed by atoms with Crippen LogP contribution < -0.4 is 0 Å². The number of rotatable bonds is 5. The summed E-state index contributed by atoms with van der Waals surface area (Å²) in [6, 6.07) is 24.3. The van der Waals surface area contributed by atoms with E-state index in [0.717, 1.165) is 27.5 Å². The Hall–Kier alpha value is -3.12. The summed E-state index contributed by atoms with van der Waals surface area (Å²) >= 11 is 0. The van der Waals surface area contributed by atoms with E-state index in [4.69, 9.17) is 0 Å². The number of fused-ring (bicyclic) bond motifs is 1. The first-order valence-corrected chi connectivity index (χ1v) is 10.7. The number of hydrogen-bond acceptors (Lipinski definition) is 2. The summed E-state index contributed by atoms with van der Waals surface area (Å²) in [7, 11) is 0. The van der Waals surface area contributed by atoms with Crippen LogP contribution in [0.3, 0.4) is 0 Å². The van der Waals surface area contributed by atoms with E-state index in [2.05, 4.69) is 26.0 Å². The third-order valence-electron chi connectivity index (χ3n) is 6.71. The average molecular weight is 414 g/mol. The van der Waals surface area contributed by atoms with Gasteiger partial charge in [-0.1, -0.05) is 101 Å². The molecule has 160 valence electrons. The van der Waals surface area contributed by atoms with Crippen molar-refractivity contribution in [3.05, 3.63) is 83.4 Å². The van der Waals surface area contributed by atoms with Crippen LogP contribution in [0.2, 0.25) is 0 Å². The van der Waals surface area contributed by atoms with Crippen molar-refractivity contribution >= 4 is 16.7 Å². The minimum absolute atomic E-state index is 0.171. The highest BCUT2D eigenvalue weighted by Gasteiger charge is 2.63. The Morgan fingerprint density at radius 3 is 2.00 bits per heavy atom. The normalized spacial score (nSPS) is 15.8. The van der Waals surface area contributed by atoms with E-state index in [0.29, 0.717) is 0 Å². The van der Waals surface area contributed by atoms with Crippen molar-refractivity contribution in [2.75, 3.05) is 0 Å². The number of aliphatic carboxylic acids is 1. The summed E-state index contributed by atoms with van der Waals surface area (Å²) in [5.74, 6) is -0.943. The Morgan fingerprint density at radius 2 is 1.42 bits per heavy atom. The molecule has 3 aromatic rings. The Labute approximate surface area is 185 Å². The van der Waals surface area contributed by atoms with E-state index < -0.39 is 22.2 Å². The van der Waals surface area contributed by atoms with Crippen molar-refractivity contribution in [2.24, 2.45) is 10.8 Å². The van der Waals surface area contributed by atoms with Gasteiger partial charge in [-0.3, -0.25) is 4.79 Å². The smallest absolute Gasteiger partial charge is 0.325 e. The second kappa shape index (κ2) is 7.85. The van der Waals surface area contributed by atoms with Gasteiger partial charge >= 0.3 is 5.97 Å². The summed E-state index contributed by atoms with van der Waals surface area (Å²) in [5, 5.41) is 23.0. The Kier molecular flexibility index (Phi) is 5.72. The van der Waals surface area contributed by atoms with Crippen LogP contribution in [0.15, 0.2) is 66.7 Å². The van der Waals surface area contributed by atoms with Gasteiger partial charge in [0.25, 0.3) is 0 Å². The SMILES string of the molecule is CC(C)c1ccccc1C(c1cccc2ccccc12)(C(C)(C)C)C(C)(C#N)C(=O)O. The number of carbonyl (C=O) groups is 1. The average Bonchev–Trinajstić information content (AvgIpc) is 2.73. The summed E-state index contributed by atoms with van der Waals surface area (Å²) < 4.78 is 0. The minimum Gasteiger partial charge on any atom is -0.480 e. The molecule has 0 saturated carbocycles. The minimum atomic E-state index is -1.71. The lowest BCUT2D eigenvalue weighted by molar-refractivity contribution is -0.150. The third kappa shape index (κ3) is 3.22. The molecule has 31 heavy (non-hydrogen) atoms. The van der Waals surface area contributed by atoms with Crippen LogP contribution in [0.4, 0.5) is 0 Å². The highest BCUT2D eigenvalue weighted by Crippen LogP contribution is 2.60. The quantitative estimate of drug-likeness (QED) is 0.494. The van der Waals surface area contributed by atoms with E-state index in [1.807, 2.05) is 81.4 Å². The molecule has 0 spiro atoms. The molecule has 2 unspecified atom stereocenters. The number of nitriles is 1. The van der Waals surface area contributed by atoms with E-state index in [1.165, 1.54) is 0 Å². The number of hydrogen-bond donors (Lipinski definition) is 1. The molecule has 0 amide bonds. The lowest BCUT2D eigenvalue weighted by atomic mass is 9.46. The van der Waals surface area contributed by atoms with Gasteiger partial charge in [0.1, 0.15) is 0 Å². The van der Waals surface area contributed by atoms with Crippen molar-refractivity contribution in [1.82, 2.24) is 0 Å². The lowest BCUT2D eigenvalue weighted by Gasteiger charge is -2.53. The van der Waals surface area contributed by atoms with Gasteiger partial charge in [-0.25, -0.2) is 0 Å². The molecule has 0 aliphatic rings. The predicted octanol–water partition coefficient (Wildman–Crippen LogP) is 6.91. The molecule has 0 aromatic heterocycles. The number of carboxylic acid groups (broad SMARTS) is 1. The summed E-state index contributed by atoms with van der Waals surface area (Å²) in [5.41, 5.74) is -0.570. The molecule has 0 radical (unpaired) electrons. The molecule has 0 bridgehead atoms. The molecule has 1 N–H and O–H groups in total. The van der Waals surface area contributed by atoms with Crippen molar-refractivity contribution in [2.45, 2.75) is 52.9 Å². The van der Waals surface area contributed by atoms with E-state index >= 15 is 0 Å². The number of nitrogens with zero attached hydrogens (tertiary/aromatic N) is 1. The van der Waals surface area contributed by atoms with E-state index in [1.54, 1.807) is 6.92 Å². The maximum Gasteiger partial charge on any atom is 0.325 e. The fourth-order valence-electron chi connectivity index (χ4n) is 5.43. The summed E-state index contributed by atoms with van der Waals surface area (Å²) in [6.07, 6.45) is 0. The molecule has 3 heteroatoms. The van der Waals surface area contributed by atoms with Gasteiger partial charge in [0.05, 0.1) is 11.5 Å². The Balaban J connectivity index is 2.69. The first-order valence-electron chi connectivity index (χ1n) is 10.7. The first-order chi connectivity index (χ1) is 14.5. The van der Waals surface area contributed by atoms with Crippen molar-refractivity contribution in [1.29, 1.82) is 5.26 Å². The molecule has 0 fully saturated rings. The first kappa shape index (κ1) is 22.6. The van der Waals surface area contributed by atoms with Gasteiger partial charge in [0.2, 0.25) is 0 Å². The van der Waals surface area contributed by atoms with Gasteiger partial charge in [0, 0.05) is 0 Å². The van der Waals surface area contributed by atoms with Crippen LogP contribution in [0, 0.1) is 22.2 Å². The van der Waals surface area contributed by atoms with Crippen LogP contribution in [0.25, 0.3) is 10.8 Å². The zero-order valence-electron chi connectivity index (χ0n) is 19.2. The van der Waals surface area contributed by atoms with Gasteiger partial charge in [0.15, 0.2) is 5.41 Å². The van der Waals surface area contributed by atoms with Crippen molar-refractivity contribution in [3.8, 4) is 6.07 Å². The lowest BCUT2D eigenvalue weighted by Crippen LogP contribution is -2.57. The molecule has 3 rings (SSSR count). The van der Waals surface area contributed by atoms with Crippen LogP contribution in [0.5, 0.6) is 0 Å². The van der Waals surface area contributed by atoms with Gasteiger partial charge in [-0.15, -0.1) is 0 Å². The fraction of sp³-hybridized carbons (Fsp3) is 0.357. The highest BCUT2D eigenvalue weighted by molar-refractivity contribution is 5.91. The predicted molar refractivity (Wildman–Crippen MR) is 126 cm³/mol. The standard InChI is InChI=1S/C28H31NO2/c1-19(2)21-14-9-10-16-23(21)28(26(3,4)5,27(6,18-29)25(30)31)24-17-11-13-20-12-7-8-15-22(20)24/h7-17,19H,1-6H3,(H,30,31). The molecule has 0 aliphatic heterocycles. The highest BCUT2D eigenvalue weighted by atomic mass is 16.4. The monoisotopic (exact) mass is 413 g/mol. The summed E-state index contributed by atoms with van der Waals surface area (Å²) in [4.78, 5) is 12.9. The molecule has 2 atom stereocenters. The van der Waals surface area contributed by atoms with Crippen LogP contribution in [-0.2, 0) is 10.2 Å².